The number of hydrogen-bond donors (Lipinski definition) is 2. The van der Waals surface area contributed by atoms with E-state index in [2.05, 4.69) is 14.8 Å². The number of aromatic nitrogens is 1. The highest BCUT2D eigenvalue weighted by Gasteiger charge is 2.21. The summed E-state index contributed by atoms with van der Waals surface area (Å²) in [6.45, 7) is 4.48. The number of rotatable bonds is 4. The smallest absolute Gasteiger partial charge is 0.185 e. The van der Waals surface area contributed by atoms with Crippen molar-refractivity contribution in [1.82, 2.24) is 9.88 Å². The number of nitrogen functional groups attached to an aromatic ring is 1. The van der Waals surface area contributed by atoms with E-state index in [1.54, 1.807) is 11.3 Å². The summed E-state index contributed by atoms with van der Waals surface area (Å²) < 4.78 is 0. The SMILES string of the molecule is Nc1ccc(C(O)CN2CCN(c3nccs3)CC2)cc1. The Hall–Kier alpha value is -1.63. The second-order valence-corrected chi connectivity index (χ2v) is 6.16. The van der Waals surface area contributed by atoms with Gasteiger partial charge in [0.1, 0.15) is 0 Å². The van der Waals surface area contributed by atoms with E-state index >= 15 is 0 Å². The maximum Gasteiger partial charge on any atom is 0.185 e. The number of nitrogens with two attached hydrogens (primary N) is 1. The van der Waals surface area contributed by atoms with Gasteiger partial charge in [-0.3, -0.25) is 4.90 Å². The predicted octanol–water partition coefficient (Wildman–Crippen LogP) is 1.58. The van der Waals surface area contributed by atoms with Crippen molar-refractivity contribution in [3.8, 4) is 0 Å². The first kappa shape index (κ1) is 14.3. The molecular formula is C15H20N4OS. The number of β-amino-alcohol motifs (C(OH)–C–C–N with tert-alkyl or cyclic N) is 1. The van der Waals surface area contributed by atoms with Gasteiger partial charge in [0.25, 0.3) is 0 Å². The molecule has 0 aliphatic carbocycles. The summed E-state index contributed by atoms with van der Waals surface area (Å²) in [6, 6.07) is 7.45. The first-order chi connectivity index (χ1) is 10.2. The minimum atomic E-state index is -0.461. The largest absolute Gasteiger partial charge is 0.399 e. The summed E-state index contributed by atoms with van der Waals surface area (Å²) in [4.78, 5) is 8.95. The van der Waals surface area contributed by atoms with Crippen molar-refractivity contribution in [3.05, 3.63) is 41.4 Å². The molecule has 112 valence electrons. The van der Waals surface area contributed by atoms with Gasteiger partial charge in [-0.05, 0) is 17.7 Å². The predicted molar refractivity (Wildman–Crippen MR) is 86.6 cm³/mol. The second-order valence-electron chi connectivity index (χ2n) is 5.28. The van der Waals surface area contributed by atoms with Crippen LogP contribution in [0.3, 0.4) is 0 Å². The fourth-order valence-corrected chi connectivity index (χ4v) is 3.26. The molecule has 1 aromatic carbocycles. The summed E-state index contributed by atoms with van der Waals surface area (Å²) in [6.07, 6.45) is 1.38. The summed E-state index contributed by atoms with van der Waals surface area (Å²) in [5.74, 6) is 0. The average molecular weight is 304 g/mol. The molecule has 1 saturated heterocycles. The molecule has 3 rings (SSSR count). The third-order valence-corrected chi connectivity index (χ3v) is 4.65. The van der Waals surface area contributed by atoms with Crippen LogP contribution in [0.15, 0.2) is 35.8 Å². The second kappa shape index (κ2) is 6.43. The Morgan fingerprint density at radius 3 is 2.52 bits per heavy atom. The van der Waals surface area contributed by atoms with Gasteiger partial charge in [-0.15, -0.1) is 11.3 Å². The molecule has 0 amide bonds. The van der Waals surface area contributed by atoms with Gasteiger partial charge in [-0.25, -0.2) is 4.98 Å². The van der Waals surface area contributed by atoms with E-state index in [9.17, 15) is 5.11 Å². The van der Waals surface area contributed by atoms with Crippen LogP contribution in [0, 0.1) is 0 Å². The van der Waals surface area contributed by atoms with E-state index in [1.165, 1.54) is 0 Å². The van der Waals surface area contributed by atoms with Crippen LogP contribution in [0.5, 0.6) is 0 Å². The number of hydrogen-bond acceptors (Lipinski definition) is 6. The van der Waals surface area contributed by atoms with Crippen LogP contribution in [0.2, 0.25) is 0 Å². The van der Waals surface area contributed by atoms with E-state index < -0.39 is 6.10 Å². The molecule has 6 heteroatoms. The quantitative estimate of drug-likeness (QED) is 0.840. The van der Waals surface area contributed by atoms with Crippen molar-refractivity contribution in [2.75, 3.05) is 43.4 Å². The number of thiazole rings is 1. The summed E-state index contributed by atoms with van der Waals surface area (Å²) >= 11 is 1.68. The van der Waals surface area contributed by atoms with E-state index in [-0.39, 0.29) is 0 Å². The van der Waals surface area contributed by atoms with Crippen molar-refractivity contribution in [1.29, 1.82) is 0 Å². The Balaban J connectivity index is 1.52. The van der Waals surface area contributed by atoms with Gasteiger partial charge in [0.05, 0.1) is 6.10 Å². The van der Waals surface area contributed by atoms with E-state index in [0.29, 0.717) is 6.54 Å². The maximum atomic E-state index is 10.3. The molecule has 1 unspecified atom stereocenters. The summed E-state index contributed by atoms with van der Waals surface area (Å²) in [5, 5.41) is 13.4. The number of benzene rings is 1. The van der Waals surface area contributed by atoms with Gasteiger partial charge < -0.3 is 15.7 Å². The van der Waals surface area contributed by atoms with Crippen LogP contribution >= 0.6 is 11.3 Å². The Kier molecular flexibility index (Phi) is 4.38. The summed E-state index contributed by atoms with van der Waals surface area (Å²) in [5.41, 5.74) is 7.32. The fourth-order valence-electron chi connectivity index (χ4n) is 2.56. The standard InChI is InChI=1S/C15H20N4OS/c16-13-3-1-12(2-4-13)14(20)11-18-6-8-19(9-7-18)15-17-5-10-21-15/h1-5,10,14,20H,6-9,11,16H2. The third kappa shape index (κ3) is 3.53. The normalized spacial score (nSPS) is 17.9. The molecule has 0 radical (unpaired) electrons. The van der Waals surface area contributed by atoms with Gasteiger partial charge in [-0.1, -0.05) is 12.1 Å². The van der Waals surface area contributed by atoms with Crippen LogP contribution in [-0.2, 0) is 0 Å². The van der Waals surface area contributed by atoms with Crippen LogP contribution in [-0.4, -0.2) is 47.7 Å². The Labute approximate surface area is 128 Å². The first-order valence-electron chi connectivity index (χ1n) is 7.12. The Morgan fingerprint density at radius 1 is 1.19 bits per heavy atom. The lowest BCUT2D eigenvalue weighted by atomic mass is 10.1. The Bertz CT molecular complexity index is 550. The minimum absolute atomic E-state index is 0.461. The molecule has 1 aliphatic rings. The highest BCUT2D eigenvalue weighted by atomic mass is 32.1. The van der Waals surface area contributed by atoms with Crippen molar-refractivity contribution in [3.63, 3.8) is 0 Å². The molecule has 21 heavy (non-hydrogen) atoms. The molecule has 1 fully saturated rings. The fraction of sp³-hybridized carbons (Fsp3) is 0.400. The zero-order chi connectivity index (χ0) is 14.7. The number of aliphatic hydroxyl groups is 1. The van der Waals surface area contributed by atoms with Crippen LogP contribution < -0.4 is 10.6 Å². The third-order valence-electron chi connectivity index (χ3n) is 3.81. The lowest BCUT2D eigenvalue weighted by molar-refractivity contribution is 0.109. The van der Waals surface area contributed by atoms with E-state index in [1.807, 2.05) is 35.8 Å². The topological polar surface area (TPSA) is 65.6 Å². The zero-order valence-corrected chi connectivity index (χ0v) is 12.7. The molecule has 0 spiro atoms. The van der Waals surface area contributed by atoms with Crippen molar-refractivity contribution in [2.45, 2.75) is 6.10 Å². The first-order valence-corrected chi connectivity index (χ1v) is 8.00. The number of aliphatic hydroxyl groups excluding tert-OH is 1. The van der Waals surface area contributed by atoms with Crippen molar-refractivity contribution < 1.29 is 5.11 Å². The van der Waals surface area contributed by atoms with Gasteiger partial charge in [0, 0.05) is 50.0 Å². The van der Waals surface area contributed by atoms with Crippen molar-refractivity contribution in [2.24, 2.45) is 0 Å². The summed E-state index contributed by atoms with van der Waals surface area (Å²) in [7, 11) is 0. The number of anilines is 2. The lowest BCUT2D eigenvalue weighted by Crippen LogP contribution is -2.47. The molecular weight excluding hydrogens is 284 g/mol. The van der Waals surface area contributed by atoms with Crippen molar-refractivity contribution >= 4 is 22.2 Å². The number of nitrogens with zero attached hydrogens (tertiary/aromatic N) is 3. The van der Waals surface area contributed by atoms with E-state index in [4.69, 9.17) is 5.73 Å². The highest BCUT2D eigenvalue weighted by molar-refractivity contribution is 7.13. The van der Waals surface area contributed by atoms with Crippen LogP contribution in [0.1, 0.15) is 11.7 Å². The van der Waals surface area contributed by atoms with Gasteiger partial charge in [0.15, 0.2) is 5.13 Å². The molecule has 0 saturated carbocycles. The molecule has 5 nitrogen and oxygen atoms in total. The Morgan fingerprint density at radius 2 is 1.90 bits per heavy atom. The molecule has 1 aliphatic heterocycles. The van der Waals surface area contributed by atoms with Gasteiger partial charge in [-0.2, -0.15) is 0 Å². The molecule has 0 bridgehead atoms. The molecule has 2 aromatic rings. The number of piperazine rings is 1. The monoisotopic (exact) mass is 304 g/mol. The van der Waals surface area contributed by atoms with Gasteiger partial charge >= 0.3 is 0 Å². The van der Waals surface area contributed by atoms with Gasteiger partial charge in [0.2, 0.25) is 0 Å². The highest BCUT2D eigenvalue weighted by Crippen LogP contribution is 2.21. The van der Waals surface area contributed by atoms with Crippen LogP contribution in [0.25, 0.3) is 0 Å². The lowest BCUT2D eigenvalue weighted by Gasteiger charge is -2.35. The average Bonchev–Trinajstić information content (AvgIpc) is 3.03. The van der Waals surface area contributed by atoms with E-state index in [0.717, 1.165) is 42.6 Å². The maximum absolute atomic E-state index is 10.3. The van der Waals surface area contributed by atoms with Crippen LogP contribution in [0.4, 0.5) is 10.8 Å². The minimum Gasteiger partial charge on any atom is -0.399 e. The molecule has 2 heterocycles. The molecule has 1 atom stereocenters. The molecule has 3 N–H and O–H groups in total. The molecule has 1 aromatic heterocycles. The zero-order valence-electron chi connectivity index (χ0n) is 11.9.